The topological polar surface area (TPSA) is 85.6 Å². The molecule has 0 atom stereocenters. The molecule has 0 radical (unpaired) electrons. The minimum absolute atomic E-state index is 0.142. The van der Waals surface area contributed by atoms with Crippen molar-refractivity contribution in [3.8, 4) is 5.69 Å². The molecule has 0 saturated carbocycles. The van der Waals surface area contributed by atoms with Crippen molar-refractivity contribution in [1.29, 1.82) is 0 Å². The molecule has 26 heavy (non-hydrogen) atoms. The maximum absolute atomic E-state index is 12.4. The van der Waals surface area contributed by atoms with Crippen molar-refractivity contribution in [1.82, 2.24) is 30.3 Å². The molecule has 0 spiro atoms. The van der Waals surface area contributed by atoms with Gasteiger partial charge in [0.2, 0.25) is 0 Å². The van der Waals surface area contributed by atoms with Crippen molar-refractivity contribution in [2.75, 3.05) is 0 Å². The van der Waals surface area contributed by atoms with Crippen molar-refractivity contribution in [3.63, 3.8) is 0 Å². The van der Waals surface area contributed by atoms with Crippen molar-refractivity contribution >= 4 is 27.5 Å². The molecule has 4 rings (SSSR count). The summed E-state index contributed by atoms with van der Waals surface area (Å²) in [6.45, 7) is 2.38. The lowest BCUT2D eigenvalue weighted by Crippen LogP contribution is -2.22. The Labute approximate surface area is 153 Å². The first kappa shape index (κ1) is 16.3. The standard InChI is InChI=1S/C18H16N6OS/c1-2-17-21-15-4-3-12(9-16(15)26-17)18(25)20-10-13-11-24(23-22-13)14-5-7-19-8-6-14/h3-9,11H,2,10H2,1H3,(H,20,25). The SMILES string of the molecule is CCc1nc2ccc(C(=O)NCc3cn(-c4ccncc4)nn3)cc2s1. The number of aryl methyl sites for hydroxylation is 1. The Balaban J connectivity index is 1.45. The maximum atomic E-state index is 12.4. The van der Waals surface area contributed by atoms with Gasteiger partial charge in [-0.15, -0.1) is 16.4 Å². The second-order valence-corrected chi connectivity index (χ2v) is 6.80. The Morgan fingerprint density at radius 3 is 2.88 bits per heavy atom. The van der Waals surface area contributed by atoms with Gasteiger partial charge in [0, 0.05) is 18.0 Å². The van der Waals surface area contributed by atoms with Crippen LogP contribution >= 0.6 is 11.3 Å². The third kappa shape index (κ3) is 3.31. The smallest absolute Gasteiger partial charge is 0.251 e. The highest BCUT2D eigenvalue weighted by Crippen LogP contribution is 2.23. The van der Waals surface area contributed by atoms with E-state index in [4.69, 9.17) is 0 Å². The van der Waals surface area contributed by atoms with E-state index in [9.17, 15) is 4.79 Å². The van der Waals surface area contributed by atoms with E-state index >= 15 is 0 Å². The fraction of sp³-hybridized carbons (Fsp3) is 0.167. The lowest BCUT2D eigenvalue weighted by atomic mass is 10.2. The number of rotatable bonds is 5. The minimum Gasteiger partial charge on any atom is -0.346 e. The number of fused-ring (bicyclic) bond motifs is 1. The summed E-state index contributed by atoms with van der Waals surface area (Å²) in [4.78, 5) is 20.9. The monoisotopic (exact) mass is 364 g/mol. The van der Waals surface area contributed by atoms with Gasteiger partial charge in [0.05, 0.1) is 33.7 Å². The third-order valence-corrected chi connectivity index (χ3v) is 5.06. The van der Waals surface area contributed by atoms with Gasteiger partial charge in [-0.05, 0) is 36.8 Å². The van der Waals surface area contributed by atoms with Crippen LogP contribution in [0.3, 0.4) is 0 Å². The first-order chi connectivity index (χ1) is 12.7. The van der Waals surface area contributed by atoms with Crippen LogP contribution in [0.4, 0.5) is 0 Å². The van der Waals surface area contributed by atoms with Gasteiger partial charge in [0.15, 0.2) is 0 Å². The van der Waals surface area contributed by atoms with E-state index in [1.807, 2.05) is 24.3 Å². The van der Waals surface area contributed by atoms with Gasteiger partial charge in [-0.2, -0.15) is 0 Å². The van der Waals surface area contributed by atoms with E-state index < -0.39 is 0 Å². The summed E-state index contributed by atoms with van der Waals surface area (Å²) in [7, 11) is 0. The largest absolute Gasteiger partial charge is 0.346 e. The molecule has 3 aromatic heterocycles. The number of hydrogen-bond acceptors (Lipinski definition) is 6. The molecule has 0 unspecified atom stereocenters. The van der Waals surface area contributed by atoms with E-state index in [0.29, 0.717) is 17.8 Å². The molecule has 4 aromatic rings. The van der Waals surface area contributed by atoms with Crippen molar-refractivity contribution in [3.05, 3.63) is 65.2 Å². The normalized spacial score (nSPS) is 11.0. The summed E-state index contributed by atoms with van der Waals surface area (Å²) in [6, 6.07) is 9.25. The lowest BCUT2D eigenvalue weighted by Gasteiger charge is -2.03. The fourth-order valence-corrected chi connectivity index (χ4v) is 3.49. The maximum Gasteiger partial charge on any atom is 0.251 e. The first-order valence-corrected chi connectivity index (χ1v) is 9.04. The summed E-state index contributed by atoms with van der Waals surface area (Å²) in [5.41, 5.74) is 3.10. The van der Waals surface area contributed by atoms with E-state index in [1.54, 1.807) is 40.7 Å². The van der Waals surface area contributed by atoms with Gasteiger partial charge < -0.3 is 5.32 Å². The highest BCUT2D eigenvalue weighted by molar-refractivity contribution is 7.18. The van der Waals surface area contributed by atoms with Gasteiger partial charge in [-0.3, -0.25) is 9.78 Å². The Kier molecular flexibility index (Phi) is 4.40. The predicted molar refractivity (Wildman–Crippen MR) is 99.3 cm³/mol. The van der Waals surface area contributed by atoms with Crippen LogP contribution in [0.15, 0.2) is 48.9 Å². The molecule has 0 saturated heterocycles. The molecule has 0 fully saturated rings. The zero-order valence-electron chi connectivity index (χ0n) is 14.1. The number of carbonyl (C=O) groups excluding carboxylic acids is 1. The number of carbonyl (C=O) groups is 1. The molecule has 0 bridgehead atoms. The minimum atomic E-state index is -0.142. The second kappa shape index (κ2) is 7.01. The fourth-order valence-electron chi connectivity index (χ4n) is 2.54. The molecule has 8 heteroatoms. The van der Waals surface area contributed by atoms with Crippen LogP contribution < -0.4 is 5.32 Å². The number of nitrogens with zero attached hydrogens (tertiary/aromatic N) is 5. The first-order valence-electron chi connectivity index (χ1n) is 8.22. The van der Waals surface area contributed by atoms with Gasteiger partial charge in [0.1, 0.15) is 5.69 Å². The second-order valence-electron chi connectivity index (χ2n) is 5.69. The quantitative estimate of drug-likeness (QED) is 0.588. The van der Waals surface area contributed by atoms with Crippen molar-refractivity contribution in [2.45, 2.75) is 19.9 Å². The van der Waals surface area contributed by atoms with Gasteiger partial charge in [0.25, 0.3) is 5.91 Å². The summed E-state index contributed by atoms with van der Waals surface area (Å²) in [5.74, 6) is -0.142. The van der Waals surface area contributed by atoms with Gasteiger partial charge in [-0.1, -0.05) is 12.1 Å². The van der Waals surface area contributed by atoms with Gasteiger partial charge >= 0.3 is 0 Å². The van der Waals surface area contributed by atoms with E-state index in [-0.39, 0.29) is 5.91 Å². The highest BCUT2D eigenvalue weighted by Gasteiger charge is 2.10. The molecule has 1 amide bonds. The Hall–Kier alpha value is -3.13. The summed E-state index contributed by atoms with van der Waals surface area (Å²) < 4.78 is 2.68. The number of amides is 1. The molecule has 0 aliphatic rings. The number of hydrogen-bond donors (Lipinski definition) is 1. The van der Waals surface area contributed by atoms with Crippen molar-refractivity contribution in [2.24, 2.45) is 0 Å². The number of thiazole rings is 1. The summed E-state index contributed by atoms with van der Waals surface area (Å²) >= 11 is 1.62. The van der Waals surface area contributed by atoms with Crippen LogP contribution in [-0.4, -0.2) is 30.9 Å². The van der Waals surface area contributed by atoms with Crippen LogP contribution in [-0.2, 0) is 13.0 Å². The Bertz CT molecular complexity index is 1060. The third-order valence-electron chi connectivity index (χ3n) is 3.90. The summed E-state index contributed by atoms with van der Waals surface area (Å²) in [6.07, 6.45) is 6.07. The zero-order valence-corrected chi connectivity index (χ0v) is 14.9. The summed E-state index contributed by atoms with van der Waals surface area (Å²) in [5, 5.41) is 12.1. The molecule has 1 N–H and O–H groups in total. The molecule has 130 valence electrons. The van der Waals surface area contributed by atoms with Gasteiger partial charge in [-0.25, -0.2) is 9.67 Å². The van der Waals surface area contributed by atoms with E-state index in [2.05, 4.69) is 32.5 Å². The molecule has 7 nitrogen and oxygen atoms in total. The molecule has 0 aliphatic heterocycles. The Morgan fingerprint density at radius 2 is 2.08 bits per heavy atom. The molecule has 3 heterocycles. The average molecular weight is 364 g/mol. The average Bonchev–Trinajstić information content (AvgIpc) is 3.32. The Morgan fingerprint density at radius 1 is 1.23 bits per heavy atom. The number of pyridine rings is 1. The predicted octanol–water partition coefficient (Wildman–Crippen LogP) is 2.76. The number of benzene rings is 1. The molecule has 0 aliphatic carbocycles. The number of nitrogens with one attached hydrogen (secondary N) is 1. The highest BCUT2D eigenvalue weighted by atomic mass is 32.1. The lowest BCUT2D eigenvalue weighted by molar-refractivity contribution is 0.0950. The number of aromatic nitrogens is 5. The molecular weight excluding hydrogens is 348 g/mol. The molecular formula is C18H16N6OS. The zero-order chi connectivity index (χ0) is 17.9. The van der Waals surface area contributed by atoms with Crippen molar-refractivity contribution < 1.29 is 4.79 Å². The molecule has 1 aromatic carbocycles. The van der Waals surface area contributed by atoms with Crippen LogP contribution in [0.25, 0.3) is 15.9 Å². The van der Waals surface area contributed by atoms with Crippen LogP contribution in [0.2, 0.25) is 0 Å². The van der Waals surface area contributed by atoms with E-state index in [1.165, 1.54) is 0 Å². The van der Waals surface area contributed by atoms with Crippen LogP contribution in [0.5, 0.6) is 0 Å². The van der Waals surface area contributed by atoms with Crippen LogP contribution in [0, 0.1) is 0 Å². The van der Waals surface area contributed by atoms with Crippen LogP contribution in [0.1, 0.15) is 28.0 Å². The van der Waals surface area contributed by atoms with E-state index in [0.717, 1.165) is 27.3 Å².